The molecule has 1 nitrogen and oxygen atoms in total. The normalized spacial score (nSPS) is 12.8. The number of benzene rings is 10. The number of hydrogen-bond donors (Lipinski definition) is 0. The van der Waals surface area contributed by atoms with Crippen LogP contribution in [0.3, 0.4) is 0 Å². The van der Waals surface area contributed by atoms with E-state index < -0.39 is 5.41 Å². The third-order valence-electron chi connectivity index (χ3n) is 13.4. The second-order valence-corrected chi connectivity index (χ2v) is 18.9. The zero-order valence-electron chi connectivity index (χ0n) is 34.8. The van der Waals surface area contributed by atoms with E-state index in [0.717, 1.165) is 17.1 Å². The van der Waals surface area contributed by atoms with Crippen molar-refractivity contribution in [1.82, 2.24) is 0 Å². The molecule has 64 heavy (non-hydrogen) atoms. The molecule has 0 radical (unpaired) electrons. The summed E-state index contributed by atoms with van der Waals surface area (Å²) in [5.74, 6) is 0. The summed E-state index contributed by atoms with van der Waals surface area (Å²) in [4.78, 5) is 2.42. The fourth-order valence-corrected chi connectivity index (χ4v) is 12.8. The molecule has 0 fully saturated rings. The minimum Gasteiger partial charge on any atom is -0.310 e. The van der Waals surface area contributed by atoms with Crippen molar-refractivity contribution in [2.45, 2.75) is 5.41 Å². The molecule has 0 saturated carbocycles. The third-order valence-corrected chi connectivity index (χ3v) is 15.7. The van der Waals surface area contributed by atoms with Gasteiger partial charge in [-0.05, 0) is 116 Å². The van der Waals surface area contributed by atoms with Crippen molar-refractivity contribution in [2.24, 2.45) is 0 Å². The van der Waals surface area contributed by atoms with Gasteiger partial charge in [-0.15, -0.1) is 22.7 Å². The van der Waals surface area contributed by atoms with Crippen molar-refractivity contribution in [2.75, 3.05) is 4.90 Å². The predicted molar refractivity (Wildman–Crippen MR) is 275 cm³/mol. The molecular formula is C61H39NS2. The van der Waals surface area contributed by atoms with Gasteiger partial charge < -0.3 is 4.90 Å². The van der Waals surface area contributed by atoms with Gasteiger partial charge in [0.2, 0.25) is 0 Å². The molecule has 0 atom stereocenters. The van der Waals surface area contributed by atoms with Gasteiger partial charge in [-0.3, -0.25) is 0 Å². The van der Waals surface area contributed by atoms with Crippen LogP contribution in [0.25, 0.3) is 73.7 Å². The number of fused-ring (bicyclic) bond motifs is 9. The lowest BCUT2D eigenvalue weighted by Crippen LogP contribution is -2.28. The monoisotopic (exact) mass is 849 g/mol. The lowest BCUT2D eigenvalue weighted by atomic mass is 9.68. The van der Waals surface area contributed by atoms with E-state index in [1.165, 1.54) is 96.0 Å². The fraction of sp³-hybridized carbons (Fsp3) is 0.0164. The maximum Gasteiger partial charge on any atom is 0.0713 e. The molecule has 1 aliphatic rings. The van der Waals surface area contributed by atoms with Crippen LogP contribution in [0.2, 0.25) is 0 Å². The Balaban J connectivity index is 0.964. The maximum absolute atomic E-state index is 2.42. The quantitative estimate of drug-likeness (QED) is 0.154. The zero-order chi connectivity index (χ0) is 42.2. The first-order chi connectivity index (χ1) is 31.7. The second kappa shape index (κ2) is 14.8. The number of hydrogen-bond acceptors (Lipinski definition) is 3. The molecule has 13 rings (SSSR count). The van der Waals surface area contributed by atoms with Gasteiger partial charge >= 0.3 is 0 Å². The molecular weight excluding hydrogens is 811 g/mol. The van der Waals surface area contributed by atoms with E-state index in [2.05, 4.69) is 241 Å². The van der Waals surface area contributed by atoms with Gasteiger partial charge in [0.05, 0.1) is 5.41 Å². The second-order valence-electron chi connectivity index (χ2n) is 16.8. The lowest BCUT2D eigenvalue weighted by molar-refractivity contribution is 0.768. The highest BCUT2D eigenvalue weighted by molar-refractivity contribution is 7.26. The summed E-state index contributed by atoms with van der Waals surface area (Å²) in [7, 11) is 0. The van der Waals surface area contributed by atoms with E-state index in [-0.39, 0.29) is 0 Å². The van der Waals surface area contributed by atoms with E-state index >= 15 is 0 Å². The van der Waals surface area contributed by atoms with Crippen LogP contribution in [0.15, 0.2) is 237 Å². The Bertz CT molecular complexity index is 3680. The van der Waals surface area contributed by atoms with Crippen LogP contribution in [-0.2, 0) is 5.41 Å². The van der Waals surface area contributed by atoms with Crippen LogP contribution in [0.5, 0.6) is 0 Å². The highest BCUT2D eigenvalue weighted by atomic mass is 32.1. The van der Waals surface area contributed by atoms with E-state index in [9.17, 15) is 0 Å². The van der Waals surface area contributed by atoms with Crippen molar-refractivity contribution in [3.05, 3.63) is 259 Å². The van der Waals surface area contributed by atoms with Gasteiger partial charge in [-0.1, -0.05) is 176 Å². The van der Waals surface area contributed by atoms with Crippen molar-refractivity contribution >= 4 is 80.1 Å². The Morgan fingerprint density at radius 2 is 0.812 bits per heavy atom. The van der Waals surface area contributed by atoms with E-state index in [1.54, 1.807) is 0 Å². The van der Waals surface area contributed by atoms with Crippen molar-refractivity contribution in [1.29, 1.82) is 0 Å². The molecule has 300 valence electrons. The minimum absolute atomic E-state index is 0.461. The van der Waals surface area contributed by atoms with Crippen molar-refractivity contribution < 1.29 is 0 Å². The molecule has 0 saturated heterocycles. The summed E-state index contributed by atoms with van der Waals surface area (Å²) < 4.78 is 5.29. The summed E-state index contributed by atoms with van der Waals surface area (Å²) >= 11 is 3.74. The summed E-state index contributed by atoms with van der Waals surface area (Å²) in [5.41, 5.74) is 15.5. The summed E-state index contributed by atoms with van der Waals surface area (Å²) in [6.07, 6.45) is 0. The van der Waals surface area contributed by atoms with Gasteiger partial charge in [0.25, 0.3) is 0 Å². The first-order valence-corrected chi connectivity index (χ1v) is 23.5. The Labute approximate surface area is 380 Å². The first-order valence-electron chi connectivity index (χ1n) is 21.9. The van der Waals surface area contributed by atoms with E-state index in [4.69, 9.17) is 0 Å². The Kier molecular flexibility index (Phi) is 8.55. The highest BCUT2D eigenvalue weighted by Gasteiger charge is 2.45. The number of nitrogens with zero attached hydrogens (tertiary/aromatic N) is 1. The minimum atomic E-state index is -0.461. The summed E-state index contributed by atoms with van der Waals surface area (Å²) in [6.45, 7) is 0. The summed E-state index contributed by atoms with van der Waals surface area (Å²) in [5, 5.41) is 5.26. The Morgan fingerprint density at radius 1 is 0.297 bits per heavy atom. The zero-order valence-corrected chi connectivity index (χ0v) is 36.4. The average Bonchev–Trinajstić information content (AvgIpc) is 4.03. The van der Waals surface area contributed by atoms with Gasteiger partial charge in [-0.25, -0.2) is 0 Å². The predicted octanol–water partition coefficient (Wildman–Crippen LogP) is 17.6. The van der Waals surface area contributed by atoms with Crippen LogP contribution in [-0.4, -0.2) is 0 Å². The maximum atomic E-state index is 2.42. The number of thiophene rings is 2. The smallest absolute Gasteiger partial charge is 0.0713 e. The van der Waals surface area contributed by atoms with Gasteiger partial charge in [0.15, 0.2) is 0 Å². The van der Waals surface area contributed by atoms with Crippen molar-refractivity contribution in [3.8, 4) is 33.4 Å². The number of rotatable bonds is 7. The molecule has 0 bridgehead atoms. The molecule has 2 heterocycles. The molecule has 0 unspecified atom stereocenters. The van der Waals surface area contributed by atoms with Crippen LogP contribution in [0.4, 0.5) is 17.1 Å². The number of anilines is 3. The van der Waals surface area contributed by atoms with Crippen LogP contribution in [0, 0.1) is 0 Å². The molecule has 1 aliphatic carbocycles. The van der Waals surface area contributed by atoms with Crippen LogP contribution >= 0.6 is 22.7 Å². The van der Waals surface area contributed by atoms with Crippen molar-refractivity contribution in [3.63, 3.8) is 0 Å². The molecule has 3 heteroatoms. The molecule has 0 N–H and O–H groups in total. The molecule has 2 aromatic heterocycles. The topological polar surface area (TPSA) is 3.24 Å². The molecule has 0 aliphatic heterocycles. The summed E-state index contributed by atoms with van der Waals surface area (Å²) in [6, 6.07) is 87.7. The fourth-order valence-electron chi connectivity index (χ4n) is 10.5. The molecule has 0 spiro atoms. The largest absolute Gasteiger partial charge is 0.310 e. The van der Waals surface area contributed by atoms with Crippen LogP contribution in [0.1, 0.15) is 22.3 Å². The Morgan fingerprint density at radius 3 is 1.55 bits per heavy atom. The van der Waals surface area contributed by atoms with Gasteiger partial charge in [0, 0.05) is 57.4 Å². The SMILES string of the molecule is c1ccc(C2(c3ccc(N(c4ccc(-c5cccc6c5sc5ccccc56)cc4)c4cccc(-c5ccc6sc7ccccc7c6c5)c4)cc3)c3ccccc3-c3ccccc32)cc1. The third kappa shape index (κ3) is 5.68. The molecule has 12 aromatic rings. The van der Waals surface area contributed by atoms with E-state index in [1.807, 2.05) is 22.7 Å². The Hall–Kier alpha value is -7.56. The average molecular weight is 850 g/mol. The molecule has 10 aromatic carbocycles. The van der Waals surface area contributed by atoms with Crippen LogP contribution < -0.4 is 4.90 Å². The molecule has 0 amide bonds. The first kappa shape index (κ1) is 37.0. The van der Waals surface area contributed by atoms with E-state index in [0.29, 0.717) is 0 Å². The van der Waals surface area contributed by atoms with Gasteiger partial charge in [-0.2, -0.15) is 0 Å². The standard InChI is InChI=1S/C61H39NS2/c1-2-15-43(16-3-1)61(55-24-8-4-18-49(55)50-19-5-9-25-56(50)61)44-31-35-46(36-32-44)62(45-33-28-40(29-34-45)48-22-13-23-53-51-20-6-11-27-58(51)64-60(48)53)47-17-12-14-41(38-47)42-30-37-59-54(39-42)52-21-7-10-26-57(52)63-59/h1-39H. The van der Waals surface area contributed by atoms with Gasteiger partial charge in [0.1, 0.15) is 0 Å². The lowest BCUT2D eigenvalue weighted by Gasteiger charge is -2.34. The highest BCUT2D eigenvalue weighted by Crippen LogP contribution is 2.56.